The topological polar surface area (TPSA) is 34.0 Å². The Kier molecular flexibility index (Phi) is 4.06. The highest BCUT2D eigenvalue weighted by atomic mass is 15.3. The van der Waals surface area contributed by atoms with E-state index in [4.69, 9.17) is 0 Å². The van der Waals surface area contributed by atoms with E-state index in [1.807, 2.05) is 0 Å². The minimum absolute atomic E-state index is 0.440. The van der Waals surface area contributed by atoms with Gasteiger partial charge in [-0.1, -0.05) is 43.7 Å². The van der Waals surface area contributed by atoms with Gasteiger partial charge in [0, 0.05) is 38.5 Å². The van der Waals surface area contributed by atoms with Gasteiger partial charge in [0.1, 0.15) is 11.6 Å². The van der Waals surface area contributed by atoms with Crippen molar-refractivity contribution in [3.8, 4) is 0 Å². The minimum Gasteiger partial charge on any atom is -0.313 e. The van der Waals surface area contributed by atoms with Crippen molar-refractivity contribution >= 4 is 0 Å². The van der Waals surface area contributed by atoms with Gasteiger partial charge in [-0.25, -0.2) is 0 Å². The molecule has 1 aliphatic rings. The number of rotatable bonds is 3. The zero-order valence-electron chi connectivity index (χ0n) is 13.2. The fourth-order valence-electron chi connectivity index (χ4n) is 2.93. The summed E-state index contributed by atoms with van der Waals surface area (Å²) in [5.74, 6) is 2.71. The second kappa shape index (κ2) is 5.98. The lowest BCUT2D eigenvalue weighted by Crippen LogP contribution is -2.26. The van der Waals surface area contributed by atoms with Gasteiger partial charge in [0.15, 0.2) is 0 Å². The smallest absolute Gasteiger partial charge is 0.135 e. The number of aromatic nitrogens is 3. The predicted molar refractivity (Wildman–Crippen MR) is 84.3 cm³/mol. The Balaban J connectivity index is 1.68. The molecule has 112 valence electrons. The average molecular weight is 284 g/mol. The van der Waals surface area contributed by atoms with Crippen molar-refractivity contribution in [3.63, 3.8) is 0 Å². The van der Waals surface area contributed by atoms with E-state index in [1.165, 1.54) is 11.1 Å². The molecular weight excluding hydrogens is 260 g/mol. The van der Waals surface area contributed by atoms with Gasteiger partial charge in [0.05, 0.1) is 0 Å². The second-order valence-electron chi connectivity index (χ2n) is 6.29. The summed E-state index contributed by atoms with van der Waals surface area (Å²) in [7, 11) is 0. The summed E-state index contributed by atoms with van der Waals surface area (Å²) in [5, 5.41) is 8.73. The molecule has 0 unspecified atom stereocenters. The first-order chi connectivity index (χ1) is 10.1. The zero-order valence-corrected chi connectivity index (χ0v) is 13.2. The monoisotopic (exact) mass is 284 g/mol. The summed E-state index contributed by atoms with van der Waals surface area (Å²) in [5.41, 5.74) is 2.71. The quantitative estimate of drug-likeness (QED) is 0.869. The van der Waals surface area contributed by atoms with Crippen LogP contribution in [0.4, 0.5) is 0 Å². The number of hydrogen-bond donors (Lipinski definition) is 0. The Morgan fingerprint density at radius 1 is 1.05 bits per heavy atom. The molecule has 1 aromatic heterocycles. The molecule has 3 rings (SSSR count). The lowest BCUT2D eigenvalue weighted by atomic mass is 10.1. The summed E-state index contributed by atoms with van der Waals surface area (Å²) < 4.78 is 2.32. The molecule has 0 radical (unpaired) electrons. The molecule has 2 aromatic rings. The second-order valence-corrected chi connectivity index (χ2v) is 6.29. The Hall–Kier alpha value is -1.68. The highest BCUT2D eigenvalue weighted by Crippen LogP contribution is 2.17. The van der Waals surface area contributed by atoms with Gasteiger partial charge in [0.25, 0.3) is 0 Å². The highest BCUT2D eigenvalue weighted by Gasteiger charge is 2.19. The molecule has 0 N–H and O–H groups in total. The van der Waals surface area contributed by atoms with Gasteiger partial charge in [-0.3, -0.25) is 4.90 Å². The van der Waals surface area contributed by atoms with Crippen LogP contribution in [-0.4, -0.2) is 32.8 Å². The molecule has 1 aliphatic heterocycles. The van der Waals surface area contributed by atoms with Crippen LogP contribution in [0.1, 0.15) is 42.5 Å². The predicted octanol–water partition coefficient (Wildman–Crippen LogP) is 2.77. The van der Waals surface area contributed by atoms with Gasteiger partial charge in [-0.2, -0.15) is 0 Å². The first kappa shape index (κ1) is 14.3. The van der Waals surface area contributed by atoms with E-state index in [9.17, 15) is 0 Å². The highest BCUT2D eigenvalue weighted by molar-refractivity contribution is 5.21. The molecular formula is C17H24N4. The Labute approximate surface area is 126 Å². The van der Waals surface area contributed by atoms with Crippen LogP contribution in [0.5, 0.6) is 0 Å². The maximum absolute atomic E-state index is 4.38. The molecule has 0 aliphatic carbocycles. The number of nitrogens with zero attached hydrogens (tertiary/aromatic N) is 4. The molecule has 4 nitrogen and oxygen atoms in total. The largest absolute Gasteiger partial charge is 0.313 e. The molecule has 0 atom stereocenters. The van der Waals surface area contributed by atoms with Gasteiger partial charge in [-0.15, -0.1) is 10.2 Å². The van der Waals surface area contributed by atoms with Crippen molar-refractivity contribution < 1.29 is 0 Å². The Morgan fingerprint density at radius 2 is 1.81 bits per heavy atom. The maximum atomic E-state index is 4.38. The molecule has 0 saturated carbocycles. The maximum Gasteiger partial charge on any atom is 0.135 e. The summed E-state index contributed by atoms with van der Waals surface area (Å²) in [4.78, 5) is 2.52. The van der Waals surface area contributed by atoms with E-state index >= 15 is 0 Å². The third kappa shape index (κ3) is 3.16. The molecule has 0 spiro atoms. The standard InChI is InChI=1S/C17H24N4/c1-13(2)17-19-18-16-8-9-20(10-11-21(16)17)12-15-6-4-14(3)5-7-15/h4-7,13H,8-12H2,1-3H3. The fraction of sp³-hybridized carbons (Fsp3) is 0.529. The van der Waals surface area contributed by atoms with Gasteiger partial charge >= 0.3 is 0 Å². The number of fused-ring (bicyclic) bond motifs is 1. The van der Waals surface area contributed by atoms with E-state index in [0.29, 0.717) is 5.92 Å². The normalized spacial score (nSPS) is 16.0. The van der Waals surface area contributed by atoms with Crippen molar-refractivity contribution in [1.82, 2.24) is 19.7 Å². The van der Waals surface area contributed by atoms with Crippen molar-refractivity contribution in [2.75, 3.05) is 13.1 Å². The van der Waals surface area contributed by atoms with Crippen LogP contribution in [-0.2, 0) is 19.5 Å². The molecule has 0 amide bonds. The summed E-state index contributed by atoms with van der Waals surface area (Å²) in [6.45, 7) is 10.7. The average Bonchev–Trinajstić information content (AvgIpc) is 2.78. The molecule has 21 heavy (non-hydrogen) atoms. The third-order valence-corrected chi connectivity index (χ3v) is 4.19. The SMILES string of the molecule is Cc1ccc(CN2CCc3nnc(C(C)C)n3CC2)cc1. The summed E-state index contributed by atoms with van der Waals surface area (Å²) in [6.07, 6.45) is 0.992. The zero-order chi connectivity index (χ0) is 14.8. The van der Waals surface area contributed by atoms with Crippen molar-refractivity contribution in [1.29, 1.82) is 0 Å². The molecule has 0 fully saturated rings. The molecule has 4 heteroatoms. The van der Waals surface area contributed by atoms with E-state index in [-0.39, 0.29) is 0 Å². The van der Waals surface area contributed by atoms with Crippen LogP contribution >= 0.6 is 0 Å². The molecule has 2 heterocycles. The van der Waals surface area contributed by atoms with Crippen molar-refractivity contribution in [2.45, 2.75) is 46.2 Å². The van der Waals surface area contributed by atoms with Crippen molar-refractivity contribution in [2.24, 2.45) is 0 Å². The van der Waals surface area contributed by atoms with E-state index < -0.39 is 0 Å². The number of benzene rings is 1. The van der Waals surface area contributed by atoms with E-state index in [2.05, 4.69) is 64.7 Å². The van der Waals surface area contributed by atoms with Crippen LogP contribution in [0, 0.1) is 6.92 Å². The van der Waals surface area contributed by atoms with Gasteiger partial charge in [0.2, 0.25) is 0 Å². The fourth-order valence-corrected chi connectivity index (χ4v) is 2.93. The minimum atomic E-state index is 0.440. The first-order valence-corrected chi connectivity index (χ1v) is 7.83. The van der Waals surface area contributed by atoms with Crippen molar-refractivity contribution in [3.05, 3.63) is 47.0 Å². The number of hydrogen-bond acceptors (Lipinski definition) is 3. The number of aryl methyl sites for hydroxylation is 1. The molecule has 0 bridgehead atoms. The van der Waals surface area contributed by atoms with Crippen LogP contribution in [0.3, 0.4) is 0 Å². The van der Waals surface area contributed by atoms with Crippen LogP contribution < -0.4 is 0 Å². The van der Waals surface area contributed by atoms with Crippen LogP contribution in [0.15, 0.2) is 24.3 Å². The Morgan fingerprint density at radius 3 is 2.52 bits per heavy atom. The lowest BCUT2D eigenvalue weighted by Gasteiger charge is -2.20. The van der Waals surface area contributed by atoms with Crippen LogP contribution in [0.25, 0.3) is 0 Å². The van der Waals surface area contributed by atoms with E-state index in [1.54, 1.807) is 0 Å². The van der Waals surface area contributed by atoms with Gasteiger partial charge in [-0.05, 0) is 12.5 Å². The van der Waals surface area contributed by atoms with E-state index in [0.717, 1.165) is 44.2 Å². The van der Waals surface area contributed by atoms with Gasteiger partial charge < -0.3 is 4.57 Å². The summed E-state index contributed by atoms with van der Waals surface area (Å²) in [6, 6.07) is 8.86. The summed E-state index contributed by atoms with van der Waals surface area (Å²) >= 11 is 0. The Bertz CT molecular complexity index is 598. The molecule has 0 saturated heterocycles. The van der Waals surface area contributed by atoms with Crippen LogP contribution in [0.2, 0.25) is 0 Å². The third-order valence-electron chi connectivity index (χ3n) is 4.19. The lowest BCUT2D eigenvalue weighted by molar-refractivity contribution is 0.270. The molecule has 1 aromatic carbocycles. The first-order valence-electron chi connectivity index (χ1n) is 7.83.